The van der Waals surface area contributed by atoms with Gasteiger partial charge in [-0.1, -0.05) is 34.4 Å². The molecule has 2 rings (SSSR count). The average molecular weight is 417 g/mol. The fourth-order valence-corrected chi connectivity index (χ4v) is 3.32. The number of aryl methyl sites for hydroxylation is 1. The number of anilines is 1. The van der Waals surface area contributed by atoms with E-state index in [-0.39, 0.29) is 24.1 Å². The largest absolute Gasteiger partial charge is 0.340 e. The molecule has 1 aromatic heterocycles. The van der Waals surface area contributed by atoms with Gasteiger partial charge in [0.2, 0.25) is 17.7 Å². The second kappa shape index (κ2) is 9.80. The average Bonchev–Trinajstić information content (AvgIpc) is 3.01. The van der Waals surface area contributed by atoms with Gasteiger partial charge in [0.1, 0.15) is 0 Å². The molecule has 2 aromatic rings. The van der Waals surface area contributed by atoms with Gasteiger partial charge in [-0.05, 0) is 19.1 Å². The zero-order valence-electron chi connectivity index (χ0n) is 14.3. The first kappa shape index (κ1) is 20.5. The van der Waals surface area contributed by atoms with Crippen molar-refractivity contribution < 1.29 is 14.1 Å². The normalized spacial score (nSPS) is 10.6. The predicted molar refractivity (Wildman–Crippen MR) is 103 cm³/mol. The van der Waals surface area contributed by atoms with Crippen LogP contribution in [-0.2, 0) is 15.3 Å². The number of amides is 2. The van der Waals surface area contributed by atoms with Crippen LogP contribution in [0.1, 0.15) is 18.6 Å². The SMILES string of the molecule is CCN(CC(=O)Nc1c(Cl)cccc1Cl)C(=O)CSCc1noc(C)n1. The number of carbonyl (C=O) groups is 2. The molecule has 1 N–H and O–H groups in total. The van der Waals surface area contributed by atoms with Gasteiger partial charge in [0, 0.05) is 13.5 Å². The second-order valence-electron chi connectivity index (χ2n) is 5.28. The number of benzene rings is 1. The molecular weight excluding hydrogens is 399 g/mol. The van der Waals surface area contributed by atoms with Gasteiger partial charge in [-0.3, -0.25) is 9.59 Å². The number of hydrogen-bond acceptors (Lipinski definition) is 6. The molecule has 0 saturated carbocycles. The zero-order chi connectivity index (χ0) is 19.1. The van der Waals surface area contributed by atoms with Crippen LogP contribution >= 0.6 is 35.0 Å². The van der Waals surface area contributed by atoms with Crippen LogP contribution in [0, 0.1) is 6.92 Å². The lowest BCUT2D eigenvalue weighted by atomic mass is 10.3. The monoisotopic (exact) mass is 416 g/mol. The molecule has 1 heterocycles. The van der Waals surface area contributed by atoms with Crippen molar-refractivity contribution in [1.82, 2.24) is 15.0 Å². The summed E-state index contributed by atoms with van der Waals surface area (Å²) >= 11 is 13.4. The highest BCUT2D eigenvalue weighted by Gasteiger charge is 2.17. The molecule has 0 atom stereocenters. The Morgan fingerprint density at radius 2 is 2.00 bits per heavy atom. The van der Waals surface area contributed by atoms with Crippen molar-refractivity contribution in [1.29, 1.82) is 0 Å². The maximum atomic E-state index is 12.3. The van der Waals surface area contributed by atoms with Crippen LogP contribution in [0.15, 0.2) is 22.7 Å². The molecule has 1 aromatic carbocycles. The van der Waals surface area contributed by atoms with E-state index in [1.54, 1.807) is 32.0 Å². The van der Waals surface area contributed by atoms with Crippen molar-refractivity contribution in [3.05, 3.63) is 40.0 Å². The molecule has 0 fully saturated rings. The number of para-hydroxylation sites is 1. The second-order valence-corrected chi connectivity index (χ2v) is 7.08. The number of nitrogens with zero attached hydrogens (tertiary/aromatic N) is 3. The van der Waals surface area contributed by atoms with Crippen LogP contribution in [0.4, 0.5) is 5.69 Å². The van der Waals surface area contributed by atoms with E-state index in [2.05, 4.69) is 15.5 Å². The number of halogens is 2. The highest BCUT2D eigenvalue weighted by atomic mass is 35.5. The lowest BCUT2D eigenvalue weighted by molar-refractivity contribution is -0.132. The molecule has 0 aliphatic heterocycles. The van der Waals surface area contributed by atoms with Crippen LogP contribution in [0.25, 0.3) is 0 Å². The Balaban J connectivity index is 1.85. The maximum absolute atomic E-state index is 12.3. The highest BCUT2D eigenvalue weighted by molar-refractivity contribution is 7.99. The van der Waals surface area contributed by atoms with E-state index in [9.17, 15) is 9.59 Å². The molecule has 0 radical (unpaired) electrons. The Labute approximate surface area is 165 Å². The van der Waals surface area contributed by atoms with Crippen LogP contribution in [0.5, 0.6) is 0 Å². The van der Waals surface area contributed by atoms with Gasteiger partial charge in [0.25, 0.3) is 0 Å². The lowest BCUT2D eigenvalue weighted by Gasteiger charge is -2.20. The molecule has 0 saturated heterocycles. The summed E-state index contributed by atoms with van der Waals surface area (Å²) in [5, 5.41) is 7.09. The van der Waals surface area contributed by atoms with Gasteiger partial charge < -0.3 is 14.7 Å². The van der Waals surface area contributed by atoms with Crippen LogP contribution < -0.4 is 5.32 Å². The summed E-state index contributed by atoms with van der Waals surface area (Å²) in [6.07, 6.45) is 0. The summed E-state index contributed by atoms with van der Waals surface area (Å²) < 4.78 is 4.87. The Bertz CT molecular complexity index is 764. The fourth-order valence-electron chi connectivity index (χ4n) is 2.07. The van der Waals surface area contributed by atoms with Gasteiger partial charge in [-0.2, -0.15) is 4.98 Å². The zero-order valence-corrected chi connectivity index (χ0v) is 16.6. The topological polar surface area (TPSA) is 88.3 Å². The van der Waals surface area contributed by atoms with Crippen molar-refractivity contribution in [2.75, 3.05) is 24.2 Å². The molecule has 0 aliphatic carbocycles. The number of carbonyl (C=O) groups excluding carboxylic acids is 2. The highest BCUT2D eigenvalue weighted by Crippen LogP contribution is 2.29. The van der Waals surface area contributed by atoms with Crippen LogP contribution in [0.3, 0.4) is 0 Å². The van der Waals surface area contributed by atoms with E-state index in [1.807, 2.05) is 0 Å². The van der Waals surface area contributed by atoms with Gasteiger partial charge >= 0.3 is 0 Å². The van der Waals surface area contributed by atoms with Crippen molar-refractivity contribution in [3.8, 4) is 0 Å². The summed E-state index contributed by atoms with van der Waals surface area (Å²) in [4.78, 5) is 30.1. The molecule has 0 unspecified atom stereocenters. The third kappa shape index (κ3) is 5.89. The van der Waals surface area contributed by atoms with Crippen molar-refractivity contribution in [2.45, 2.75) is 19.6 Å². The number of nitrogens with one attached hydrogen (secondary N) is 1. The van der Waals surface area contributed by atoms with Crippen molar-refractivity contribution in [3.63, 3.8) is 0 Å². The van der Waals surface area contributed by atoms with Gasteiger partial charge in [-0.25, -0.2) is 0 Å². The van der Waals surface area contributed by atoms with E-state index >= 15 is 0 Å². The maximum Gasteiger partial charge on any atom is 0.244 e. The Morgan fingerprint density at radius 3 is 2.58 bits per heavy atom. The molecule has 7 nitrogen and oxygen atoms in total. The van der Waals surface area contributed by atoms with Crippen molar-refractivity contribution in [2.24, 2.45) is 0 Å². The minimum absolute atomic E-state index is 0.0846. The third-order valence-corrected chi connectivity index (χ3v) is 4.87. The summed E-state index contributed by atoms with van der Waals surface area (Å²) in [7, 11) is 0. The van der Waals surface area contributed by atoms with E-state index < -0.39 is 0 Å². The number of hydrogen-bond donors (Lipinski definition) is 1. The quantitative estimate of drug-likeness (QED) is 0.708. The third-order valence-electron chi connectivity index (χ3n) is 3.32. The van der Waals surface area contributed by atoms with Gasteiger partial charge in [0.05, 0.1) is 33.8 Å². The molecule has 0 aliphatic rings. The molecule has 2 amide bonds. The van der Waals surface area contributed by atoms with Gasteiger partial charge in [0.15, 0.2) is 5.82 Å². The summed E-state index contributed by atoms with van der Waals surface area (Å²) in [5.41, 5.74) is 0.339. The minimum atomic E-state index is -0.367. The standard InChI is InChI=1S/C16H18Cl2N4O3S/c1-3-22(15(24)9-26-8-13-19-10(2)25-21-13)7-14(23)20-16-11(17)5-4-6-12(16)18/h4-6H,3,7-9H2,1-2H3,(H,20,23). The molecule has 0 spiro atoms. The number of thioether (sulfide) groups is 1. The van der Waals surface area contributed by atoms with Gasteiger partial charge in [-0.15, -0.1) is 11.8 Å². The Hall–Kier alpha value is -1.77. The van der Waals surface area contributed by atoms with Crippen molar-refractivity contribution >= 4 is 52.5 Å². The molecule has 140 valence electrons. The minimum Gasteiger partial charge on any atom is -0.340 e. The molecule has 0 bridgehead atoms. The smallest absolute Gasteiger partial charge is 0.244 e. The van der Waals surface area contributed by atoms with Crippen LogP contribution in [-0.4, -0.2) is 45.7 Å². The molecule has 10 heteroatoms. The lowest BCUT2D eigenvalue weighted by Crippen LogP contribution is -2.39. The first-order chi connectivity index (χ1) is 12.4. The van der Waals surface area contributed by atoms with Crippen LogP contribution in [0.2, 0.25) is 10.0 Å². The summed E-state index contributed by atoms with van der Waals surface area (Å²) in [5.74, 6) is 1.17. The fraction of sp³-hybridized carbons (Fsp3) is 0.375. The van der Waals surface area contributed by atoms with E-state index in [1.165, 1.54) is 16.7 Å². The summed E-state index contributed by atoms with van der Waals surface area (Å²) in [6.45, 7) is 3.83. The number of rotatable bonds is 8. The van der Waals surface area contributed by atoms with E-state index in [4.69, 9.17) is 27.7 Å². The Kier molecular flexibility index (Phi) is 7.74. The van der Waals surface area contributed by atoms with E-state index in [0.717, 1.165) is 0 Å². The molecular formula is C16H18Cl2N4O3S. The number of aromatic nitrogens is 2. The Morgan fingerprint density at radius 1 is 1.31 bits per heavy atom. The predicted octanol–water partition coefficient (Wildman–Crippen LogP) is 3.41. The summed E-state index contributed by atoms with van der Waals surface area (Å²) in [6, 6.07) is 4.94. The number of likely N-dealkylation sites (N-methyl/N-ethyl adjacent to an activating group) is 1. The first-order valence-corrected chi connectivity index (χ1v) is 9.70. The first-order valence-electron chi connectivity index (χ1n) is 7.79. The molecule has 26 heavy (non-hydrogen) atoms. The van der Waals surface area contributed by atoms with E-state index in [0.29, 0.717) is 39.7 Å².